The Morgan fingerprint density at radius 2 is 1.96 bits per heavy atom. The highest BCUT2D eigenvalue weighted by atomic mass is 32.2. The van der Waals surface area contributed by atoms with Gasteiger partial charge in [0.15, 0.2) is 5.82 Å². The van der Waals surface area contributed by atoms with Gasteiger partial charge in [-0.05, 0) is 42.8 Å². The van der Waals surface area contributed by atoms with Crippen LogP contribution in [0.5, 0.6) is 0 Å². The lowest BCUT2D eigenvalue weighted by molar-refractivity contribution is 0.102. The van der Waals surface area contributed by atoms with Gasteiger partial charge in [0.2, 0.25) is 10.0 Å². The molecule has 134 valence electrons. The number of amides is 1. The van der Waals surface area contributed by atoms with Gasteiger partial charge in [0.05, 0.1) is 4.90 Å². The van der Waals surface area contributed by atoms with Crippen LogP contribution in [-0.2, 0) is 16.6 Å². The summed E-state index contributed by atoms with van der Waals surface area (Å²) in [5.74, 6) is 0.453. The van der Waals surface area contributed by atoms with Crippen LogP contribution in [0.25, 0.3) is 0 Å². The van der Waals surface area contributed by atoms with E-state index in [2.05, 4.69) is 20.2 Å². The smallest absolute Gasteiger partial charge is 0.256 e. The number of hydrogen-bond donors (Lipinski definition) is 2. The van der Waals surface area contributed by atoms with Crippen molar-refractivity contribution in [1.82, 2.24) is 14.9 Å². The average molecular weight is 372 g/mol. The van der Waals surface area contributed by atoms with Crippen LogP contribution in [0.15, 0.2) is 64.3 Å². The number of pyridine rings is 1. The van der Waals surface area contributed by atoms with Gasteiger partial charge in [-0.2, -0.15) is 0 Å². The number of nitrogens with one attached hydrogen (secondary N) is 2. The number of aromatic nitrogens is 2. The molecule has 1 aromatic carbocycles. The summed E-state index contributed by atoms with van der Waals surface area (Å²) in [5.41, 5.74) is 1.05. The van der Waals surface area contributed by atoms with E-state index < -0.39 is 15.9 Å². The molecular weight excluding hydrogens is 356 g/mol. The van der Waals surface area contributed by atoms with Crippen LogP contribution in [0.1, 0.15) is 21.7 Å². The third-order valence-electron chi connectivity index (χ3n) is 3.49. The molecule has 0 aliphatic carbocycles. The molecule has 0 radical (unpaired) electrons. The number of nitrogens with zero attached hydrogens (tertiary/aromatic N) is 2. The third-order valence-corrected chi connectivity index (χ3v) is 4.90. The second-order valence-electron chi connectivity index (χ2n) is 5.49. The number of carbonyl (C=O) groups excluding carboxylic acids is 1. The van der Waals surface area contributed by atoms with Crippen LogP contribution in [0, 0.1) is 6.92 Å². The summed E-state index contributed by atoms with van der Waals surface area (Å²) in [7, 11) is -3.69. The molecule has 2 N–H and O–H groups in total. The monoisotopic (exact) mass is 372 g/mol. The first-order valence-electron chi connectivity index (χ1n) is 7.67. The van der Waals surface area contributed by atoms with Gasteiger partial charge in [0, 0.05) is 30.6 Å². The molecule has 0 atom stereocenters. The molecule has 0 unspecified atom stereocenters. The lowest BCUT2D eigenvalue weighted by atomic mass is 10.2. The molecule has 0 aliphatic rings. The normalized spacial score (nSPS) is 11.3. The molecule has 0 saturated carbocycles. The minimum Gasteiger partial charge on any atom is -0.360 e. The Morgan fingerprint density at radius 1 is 1.19 bits per heavy atom. The largest absolute Gasteiger partial charge is 0.360 e. The lowest BCUT2D eigenvalue weighted by Crippen LogP contribution is -2.23. The minimum atomic E-state index is -3.69. The first-order valence-corrected chi connectivity index (χ1v) is 9.16. The SMILES string of the molecule is Cc1cc(NC(=O)c2ccc(S(=O)(=O)NCc3cccnc3)cc2)no1. The predicted octanol–water partition coefficient (Wildman–Crippen LogP) is 2.11. The first kappa shape index (κ1) is 17.8. The Kier molecular flexibility index (Phi) is 5.10. The van der Waals surface area contributed by atoms with E-state index in [1.54, 1.807) is 37.5 Å². The molecule has 8 nitrogen and oxygen atoms in total. The number of anilines is 1. The zero-order valence-corrected chi connectivity index (χ0v) is 14.7. The maximum Gasteiger partial charge on any atom is 0.256 e. The number of sulfonamides is 1. The van der Waals surface area contributed by atoms with Crippen molar-refractivity contribution in [2.75, 3.05) is 5.32 Å². The molecule has 26 heavy (non-hydrogen) atoms. The zero-order chi connectivity index (χ0) is 18.6. The molecule has 0 saturated heterocycles. The van der Waals surface area contributed by atoms with E-state index >= 15 is 0 Å². The fourth-order valence-electron chi connectivity index (χ4n) is 2.16. The Bertz CT molecular complexity index is 999. The third kappa shape index (κ3) is 4.32. The number of hydrogen-bond acceptors (Lipinski definition) is 6. The molecule has 3 rings (SSSR count). The molecule has 0 fully saturated rings. The van der Waals surface area contributed by atoms with Crippen LogP contribution in [0.4, 0.5) is 5.82 Å². The van der Waals surface area contributed by atoms with E-state index in [0.29, 0.717) is 17.1 Å². The molecule has 2 aromatic heterocycles. The Morgan fingerprint density at radius 3 is 2.58 bits per heavy atom. The maximum atomic E-state index is 12.3. The molecule has 0 spiro atoms. The molecule has 9 heteroatoms. The fraction of sp³-hybridized carbons (Fsp3) is 0.118. The van der Waals surface area contributed by atoms with Gasteiger partial charge >= 0.3 is 0 Å². The number of rotatable bonds is 6. The van der Waals surface area contributed by atoms with E-state index in [-0.39, 0.29) is 11.4 Å². The summed E-state index contributed by atoms with van der Waals surface area (Å²) < 4.78 is 32.0. The van der Waals surface area contributed by atoms with E-state index in [0.717, 1.165) is 5.56 Å². The van der Waals surface area contributed by atoms with Gasteiger partial charge in [0.25, 0.3) is 5.91 Å². The summed E-state index contributed by atoms with van der Waals surface area (Å²) in [6.07, 6.45) is 3.20. The number of carbonyl (C=O) groups is 1. The number of aryl methyl sites for hydroxylation is 1. The van der Waals surface area contributed by atoms with E-state index in [4.69, 9.17) is 4.52 Å². The molecule has 2 heterocycles. The van der Waals surface area contributed by atoms with E-state index in [9.17, 15) is 13.2 Å². The highest BCUT2D eigenvalue weighted by Gasteiger charge is 2.15. The fourth-order valence-corrected chi connectivity index (χ4v) is 3.18. The molecule has 3 aromatic rings. The van der Waals surface area contributed by atoms with Crippen molar-refractivity contribution in [1.29, 1.82) is 0 Å². The maximum absolute atomic E-state index is 12.3. The summed E-state index contributed by atoms with van der Waals surface area (Å²) in [6.45, 7) is 1.84. The summed E-state index contributed by atoms with van der Waals surface area (Å²) in [4.78, 5) is 16.1. The standard InChI is InChI=1S/C17H16N4O4S/c1-12-9-16(21-25-12)20-17(22)14-4-6-15(7-5-14)26(23,24)19-11-13-3-2-8-18-10-13/h2-10,19H,11H2,1H3,(H,20,21,22). The highest BCUT2D eigenvalue weighted by molar-refractivity contribution is 7.89. The summed E-state index contributed by atoms with van der Waals surface area (Å²) >= 11 is 0. The molecule has 0 aliphatic heterocycles. The Balaban J connectivity index is 1.67. The van der Waals surface area contributed by atoms with Crippen LogP contribution < -0.4 is 10.0 Å². The van der Waals surface area contributed by atoms with Crippen molar-refractivity contribution >= 4 is 21.7 Å². The van der Waals surface area contributed by atoms with Crippen molar-refractivity contribution in [3.8, 4) is 0 Å². The minimum absolute atomic E-state index is 0.0650. The van der Waals surface area contributed by atoms with Gasteiger partial charge in [-0.3, -0.25) is 9.78 Å². The second kappa shape index (κ2) is 7.46. The van der Waals surface area contributed by atoms with Crippen LogP contribution >= 0.6 is 0 Å². The Labute approximate surface area is 150 Å². The van der Waals surface area contributed by atoms with Gasteiger partial charge in [0.1, 0.15) is 5.76 Å². The molecule has 1 amide bonds. The topological polar surface area (TPSA) is 114 Å². The van der Waals surface area contributed by atoms with Gasteiger partial charge < -0.3 is 9.84 Å². The van der Waals surface area contributed by atoms with Crippen molar-refractivity contribution in [3.05, 3.63) is 71.7 Å². The van der Waals surface area contributed by atoms with E-state index in [1.807, 2.05) is 0 Å². The highest BCUT2D eigenvalue weighted by Crippen LogP contribution is 2.13. The van der Waals surface area contributed by atoms with E-state index in [1.165, 1.54) is 24.3 Å². The second-order valence-corrected chi connectivity index (χ2v) is 7.25. The first-order chi connectivity index (χ1) is 12.4. The van der Waals surface area contributed by atoms with Crippen LogP contribution in [-0.4, -0.2) is 24.5 Å². The van der Waals surface area contributed by atoms with Crippen molar-refractivity contribution in [3.63, 3.8) is 0 Å². The number of benzene rings is 1. The quantitative estimate of drug-likeness (QED) is 0.685. The van der Waals surface area contributed by atoms with Crippen molar-refractivity contribution in [2.24, 2.45) is 0 Å². The van der Waals surface area contributed by atoms with Crippen LogP contribution in [0.2, 0.25) is 0 Å². The summed E-state index contributed by atoms with van der Waals surface area (Å²) in [5, 5.41) is 6.24. The van der Waals surface area contributed by atoms with Gasteiger partial charge in [-0.15, -0.1) is 0 Å². The zero-order valence-electron chi connectivity index (χ0n) is 13.8. The van der Waals surface area contributed by atoms with Crippen molar-refractivity contribution < 1.29 is 17.7 Å². The summed E-state index contributed by atoms with van der Waals surface area (Å²) in [6, 6.07) is 10.7. The predicted molar refractivity (Wildman–Crippen MR) is 93.9 cm³/mol. The van der Waals surface area contributed by atoms with Gasteiger partial charge in [-0.1, -0.05) is 11.2 Å². The average Bonchev–Trinajstić information content (AvgIpc) is 3.06. The molecular formula is C17H16N4O4S. The van der Waals surface area contributed by atoms with Crippen LogP contribution in [0.3, 0.4) is 0 Å². The Hall–Kier alpha value is -3.04. The van der Waals surface area contributed by atoms with Gasteiger partial charge in [-0.25, -0.2) is 13.1 Å². The molecule has 0 bridgehead atoms. The lowest BCUT2D eigenvalue weighted by Gasteiger charge is -2.07. The van der Waals surface area contributed by atoms with Crippen molar-refractivity contribution in [2.45, 2.75) is 18.4 Å².